The highest BCUT2D eigenvalue weighted by Crippen LogP contribution is 2.07. The minimum absolute atomic E-state index is 0.165. The molecule has 1 fully saturated rings. The molecule has 0 saturated carbocycles. The van der Waals surface area contributed by atoms with E-state index in [9.17, 15) is 4.79 Å². The first kappa shape index (κ1) is 14.5. The number of amides is 1. The lowest BCUT2D eigenvalue weighted by Crippen LogP contribution is -2.52. The summed E-state index contributed by atoms with van der Waals surface area (Å²) in [4.78, 5) is 16.3. The van der Waals surface area contributed by atoms with E-state index in [1.54, 1.807) is 0 Å². The Bertz CT molecular complexity index is 235. The monoisotopic (exact) mass is 241 g/mol. The second kappa shape index (κ2) is 6.97. The van der Waals surface area contributed by atoms with Crippen LogP contribution in [0.1, 0.15) is 27.2 Å². The number of hydrogen-bond acceptors (Lipinski definition) is 3. The Labute approximate surface area is 105 Å². The Morgan fingerprint density at radius 2 is 1.82 bits per heavy atom. The van der Waals surface area contributed by atoms with Crippen molar-refractivity contribution in [3.05, 3.63) is 0 Å². The molecule has 1 N–H and O–H groups in total. The third-order valence-corrected chi connectivity index (χ3v) is 3.52. The maximum Gasteiger partial charge on any atom is 0.219 e. The summed E-state index contributed by atoms with van der Waals surface area (Å²) in [6.45, 7) is 11.7. The average Bonchev–Trinajstić information content (AvgIpc) is 2.30. The van der Waals surface area contributed by atoms with E-state index in [0.29, 0.717) is 12.3 Å². The van der Waals surface area contributed by atoms with Crippen molar-refractivity contribution in [3.8, 4) is 0 Å². The topological polar surface area (TPSA) is 35.6 Å². The second-order valence-corrected chi connectivity index (χ2v) is 5.38. The molecular weight excluding hydrogens is 214 g/mol. The number of nitrogens with zero attached hydrogens (tertiary/aromatic N) is 2. The van der Waals surface area contributed by atoms with Crippen molar-refractivity contribution in [2.45, 2.75) is 33.2 Å². The lowest BCUT2D eigenvalue weighted by Gasteiger charge is -2.36. The van der Waals surface area contributed by atoms with Crippen LogP contribution in [-0.4, -0.2) is 61.5 Å². The van der Waals surface area contributed by atoms with E-state index in [1.165, 1.54) is 0 Å². The predicted molar refractivity (Wildman–Crippen MR) is 71.0 cm³/mol. The van der Waals surface area contributed by atoms with E-state index in [0.717, 1.165) is 32.7 Å². The van der Waals surface area contributed by atoms with Gasteiger partial charge >= 0.3 is 0 Å². The van der Waals surface area contributed by atoms with E-state index in [2.05, 4.69) is 36.0 Å². The molecule has 0 aromatic carbocycles. The molecule has 1 aliphatic heterocycles. The molecule has 1 atom stereocenters. The molecule has 1 aliphatic rings. The van der Waals surface area contributed by atoms with Crippen molar-refractivity contribution in [1.29, 1.82) is 0 Å². The molecule has 0 unspecified atom stereocenters. The molecule has 0 aliphatic carbocycles. The third kappa shape index (κ3) is 5.04. The molecule has 0 aromatic heterocycles. The van der Waals surface area contributed by atoms with Crippen LogP contribution in [0.25, 0.3) is 0 Å². The highest BCUT2D eigenvalue weighted by atomic mass is 16.1. The van der Waals surface area contributed by atoms with E-state index in [4.69, 9.17) is 0 Å². The summed E-state index contributed by atoms with van der Waals surface area (Å²) in [5, 5.41) is 3.13. The Morgan fingerprint density at radius 1 is 1.24 bits per heavy atom. The third-order valence-electron chi connectivity index (χ3n) is 3.52. The molecule has 0 bridgehead atoms. The average molecular weight is 241 g/mol. The van der Waals surface area contributed by atoms with Gasteiger partial charge in [0.25, 0.3) is 0 Å². The van der Waals surface area contributed by atoms with E-state index in [1.807, 2.05) is 6.92 Å². The van der Waals surface area contributed by atoms with Crippen molar-refractivity contribution in [1.82, 2.24) is 15.1 Å². The zero-order valence-corrected chi connectivity index (χ0v) is 11.7. The van der Waals surface area contributed by atoms with E-state index < -0.39 is 0 Å². The molecule has 0 radical (unpaired) electrons. The number of carbonyl (C=O) groups excluding carboxylic acids is 1. The van der Waals surface area contributed by atoms with Crippen molar-refractivity contribution < 1.29 is 4.79 Å². The number of carbonyl (C=O) groups is 1. The largest absolute Gasteiger partial charge is 0.352 e. The molecule has 1 heterocycles. The summed E-state index contributed by atoms with van der Waals surface area (Å²) < 4.78 is 0. The van der Waals surface area contributed by atoms with Crippen molar-refractivity contribution in [2.24, 2.45) is 5.92 Å². The number of piperazine rings is 1. The minimum Gasteiger partial charge on any atom is -0.352 e. The van der Waals surface area contributed by atoms with Crippen LogP contribution in [0.2, 0.25) is 0 Å². The fourth-order valence-corrected chi connectivity index (χ4v) is 2.04. The van der Waals surface area contributed by atoms with Gasteiger partial charge < -0.3 is 10.2 Å². The van der Waals surface area contributed by atoms with Gasteiger partial charge in [-0.2, -0.15) is 0 Å². The molecule has 1 saturated heterocycles. The van der Waals surface area contributed by atoms with E-state index >= 15 is 0 Å². The van der Waals surface area contributed by atoms with Gasteiger partial charge in [0.1, 0.15) is 0 Å². The molecule has 17 heavy (non-hydrogen) atoms. The van der Waals surface area contributed by atoms with Crippen LogP contribution in [-0.2, 0) is 4.79 Å². The first-order valence-corrected chi connectivity index (χ1v) is 6.73. The number of nitrogens with one attached hydrogen (secondary N) is 1. The van der Waals surface area contributed by atoms with Crippen LogP contribution < -0.4 is 5.32 Å². The minimum atomic E-state index is 0.165. The maximum absolute atomic E-state index is 11.5. The smallest absolute Gasteiger partial charge is 0.219 e. The van der Waals surface area contributed by atoms with Crippen molar-refractivity contribution in [3.63, 3.8) is 0 Å². The fourth-order valence-electron chi connectivity index (χ4n) is 2.04. The Hall–Kier alpha value is -0.610. The van der Waals surface area contributed by atoms with Gasteiger partial charge in [0.2, 0.25) is 5.91 Å². The molecule has 0 spiro atoms. The molecular formula is C13H27N3O. The molecule has 4 nitrogen and oxygen atoms in total. The number of hydrogen-bond donors (Lipinski definition) is 1. The first-order chi connectivity index (χ1) is 8.02. The highest BCUT2D eigenvalue weighted by Gasteiger charge is 2.21. The quantitative estimate of drug-likeness (QED) is 0.773. The van der Waals surface area contributed by atoms with Gasteiger partial charge in [-0.1, -0.05) is 20.8 Å². The lowest BCUT2D eigenvalue weighted by atomic mass is 10.0. The van der Waals surface area contributed by atoms with Crippen LogP contribution in [0.5, 0.6) is 0 Å². The lowest BCUT2D eigenvalue weighted by molar-refractivity contribution is -0.122. The summed E-state index contributed by atoms with van der Waals surface area (Å²) in [6, 6.07) is 0.283. The highest BCUT2D eigenvalue weighted by molar-refractivity contribution is 5.75. The first-order valence-electron chi connectivity index (χ1n) is 6.73. The van der Waals surface area contributed by atoms with Crippen molar-refractivity contribution in [2.75, 3.05) is 39.8 Å². The van der Waals surface area contributed by atoms with Gasteiger partial charge in [-0.25, -0.2) is 0 Å². The number of rotatable bonds is 5. The SMILES string of the molecule is CCC(=O)N[C@@H](CN1CCN(C)CC1)C(C)C. The normalized spacial score (nSPS) is 20.5. The summed E-state index contributed by atoms with van der Waals surface area (Å²) in [7, 11) is 2.16. The van der Waals surface area contributed by atoms with Crippen LogP contribution in [0.3, 0.4) is 0 Å². The molecule has 4 heteroatoms. The Kier molecular flexibility index (Phi) is 5.92. The van der Waals surface area contributed by atoms with Crippen molar-refractivity contribution >= 4 is 5.91 Å². The zero-order valence-electron chi connectivity index (χ0n) is 11.7. The summed E-state index contributed by atoms with van der Waals surface area (Å²) in [6.07, 6.45) is 0.575. The van der Waals surface area contributed by atoms with Gasteiger partial charge in [-0.15, -0.1) is 0 Å². The van der Waals surface area contributed by atoms with Gasteiger partial charge in [0.05, 0.1) is 0 Å². The molecule has 1 rings (SSSR count). The van der Waals surface area contributed by atoms with Gasteiger partial charge in [-0.05, 0) is 13.0 Å². The van der Waals surface area contributed by atoms with Crippen LogP contribution in [0.4, 0.5) is 0 Å². The molecule has 0 aromatic rings. The van der Waals surface area contributed by atoms with Gasteiger partial charge in [0.15, 0.2) is 0 Å². The van der Waals surface area contributed by atoms with E-state index in [-0.39, 0.29) is 11.9 Å². The maximum atomic E-state index is 11.5. The Balaban J connectivity index is 2.41. The molecule has 1 amide bonds. The van der Waals surface area contributed by atoms with Crippen LogP contribution in [0, 0.1) is 5.92 Å². The number of likely N-dealkylation sites (N-methyl/N-ethyl adjacent to an activating group) is 1. The van der Waals surface area contributed by atoms with Gasteiger partial charge in [-0.3, -0.25) is 9.69 Å². The molecule has 100 valence electrons. The zero-order chi connectivity index (χ0) is 12.8. The van der Waals surface area contributed by atoms with Crippen LogP contribution >= 0.6 is 0 Å². The predicted octanol–water partition coefficient (Wildman–Crippen LogP) is 0.785. The summed E-state index contributed by atoms with van der Waals surface area (Å²) >= 11 is 0. The summed E-state index contributed by atoms with van der Waals surface area (Å²) in [5.41, 5.74) is 0. The van der Waals surface area contributed by atoms with Crippen LogP contribution in [0.15, 0.2) is 0 Å². The second-order valence-electron chi connectivity index (χ2n) is 5.38. The fraction of sp³-hybridized carbons (Fsp3) is 0.923. The Morgan fingerprint density at radius 3 is 2.29 bits per heavy atom. The standard InChI is InChI=1S/C13H27N3O/c1-5-13(17)14-12(11(2)3)10-16-8-6-15(4)7-9-16/h11-12H,5-10H2,1-4H3,(H,14,17)/t12-/m0/s1. The summed E-state index contributed by atoms with van der Waals surface area (Å²) in [5.74, 6) is 0.656. The van der Waals surface area contributed by atoms with Gasteiger partial charge in [0, 0.05) is 45.2 Å².